The zero-order valence-electron chi connectivity index (χ0n) is 17.0. The van der Waals surface area contributed by atoms with Gasteiger partial charge in [-0.1, -0.05) is 30.3 Å². The number of carboxylic acid groups (broad SMARTS) is 1. The summed E-state index contributed by atoms with van der Waals surface area (Å²) in [5.74, 6) is -3.02. The molecule has 1 aromatic carbocycles. The molecule has 174 valence electrons. The van der Waals surface area contributed by atoms with Crippen LogP contribution in [0.15, 0.2) is 36.5 Å². The Morgan fingerprint density at radius 1 is 1.22 bits per heavy atom. The molecule has 1 amide bonds. The third kappa shape index (κ3) is 6.28. The van der Waals surface area contributed by atoms with E-state index < -0.39 is 18.3 Å². The fraction of sp³-hybridized carbons (Fsp3) is 0.476. The van der Waals surface area contributed by atoms with Crippen LogP contribution in [0.1, 0.15) is 35.8 Å². The number of fused-ring (bicyclic) bond motifs is 1. The number of aromatic nitrogens is 2. The first-order valence-corrected chi connectivity index (χ1v) is 10.1. The molecular formula is C21H23F4N3O4. The minimum Gasteiger partial charge on any atom is -0.475 e. The highest BCUT2D eigenvalue weighted by Gasteiger charge is 2.38. The van der Waals surface area contributed by atoms with Crippen LogP contribution in [0, 0.1) is 5.92 Å². The maximum absolute atomic E-state index is 12.9. The van der Waals surface area contributed by atoms with Crippen molar-refractivity contribution >= 4 is 11.9 Å². The van der Waals surface area contributed by atoms with Crippen molar-refractivity contribution in [2.75, 3.05) is 13.2 Å². The number of hydrogen-bond acceptors (Lipinski definition) is 4. The van der Waals surface area contributed by atoms with Crippen molar-refractivity contribution < 1.29 is 37.0 Å². The van der Waals surface area contributed by atoms with Crippen molar-refractivity contribution in [3.8, 4) is 0 Å². The normalized spacial score (nSPS) is 22.1. The first kappa shape index (κ1) is 23.7. The van der Waals surface area contributed by atoms with Gasteiger partial charge in [0.25, 0.3) is 0 Å². The molecule has 11 heteroatoms. The van der Waals surface area contributed by atoms with Gasteiger partial charge in [0.05, 0.1) is 18.8 Å². The van der Waals surface area contributed by atoms with E-state index in [4.69, 9.17) is 14.6 Å². The van der Waals surface area contributed by atoms with Gasteiger partial charge in [0.2, 0.25) is 5.91 Å². The number of hydrogen-bond donors (Lipinski definition) is 2. The van der Waals surface area contributed by atoms with Gasteiger partial charge < -0.3 is 15.2 Å². The molecule has 0 radical (unpaired) electrons. The highest BCUT2D eigenvalue weighted by molar-refractivity contribution is 5.79. The van der Waals surface area contributed by atoms with E-state index in [2.05, 4.69) is 28.7 Å². The zero-order chi connectivity index (χ0) is 23.3. The quantitative estimate of drug-likeness (QED) is 0.674. The maximum atomic E-state index is 12.9. The molecule has 1 saturated carbocycles. The summed E-state index contributed by atoms with van der Waals surface area (Å²) in [5, 5.41) is 14.7. The summed E-state index contributed by atoms with van der Waals surface area (Å²) in [7, 11) is 0. The third-order valence-electron chi connectivity index (χ3n) is 5.21. The van der Waals surface area contributed by atoms with E-state index >= 15 is 0 Å². The molecule has 2 aliphatic rings. The second-order valence-corrected chi connectivity index (χ2v) is 7.65. The van der Waals surface area contributed by atoms with E-state index in [1.54, 1.807) is 0 Å². The average Bonchev–Trinajstić information content (AvgIpc) is 3.13. The van der Waals surface area contributed by atoms with Gasteiger partial charge in [-0.3, -0.25) is 9.48 Å². The molecule has 0 saturated heterocycles. The number of benzene rings is 1. The maximum Gasteiger partial charge on any atom is 0.490 e. The highest BCUT2D eigenvalue weighted by Crippen LogP contribution is 2.30. The van der Waals surface area contributed by atoms with Crippen molar-refractivity contribution in [2.24, 2.45) is 5.92 Å². The van der Waals surface area contributed by atoms with E-state index in [-0.39, 0.29) is 17.9 Å². The van der Waals surface area contributed by atoms with Crippen LogP contribution in [-0.2, 0) is 27.3 Å². The standard InChI is InChI=1S/C19H22FN3O2.C2HF3O2/c20-16-8-15(9-16)19(24)21-10-17-18-14(6-7-25-17)12-23(22-18)11-13-4-2-1-3-5-13;3-2(4,5)1(6)7/h1-5,12,15-17H,6-11H2,(H,21,24);(H,6,7). The number of carbonyl (C=O) groups excluding carboxylic acids is 1. The van der Waals surface area contributed by atoms with Crippen LogP contribution in [0.25, 0.3) is 0 Å². The molecule has 0 spiro atoms. The molecule has 7 nitrogen and oxygen atoms in total. The number of carbonyl (C=O) groups is 2. The lowest BCUT2D eigenvalue weighted by molar-refractivity contribution is -0.192. The van der Waals surface area contributed by atoms with Gasteiger partial charge in [0.1, 0.15) is 12.3 Å². The molecule has 1 aliphatic carbocycles. The molecule has 2 aromatic rings. The Hall–Kier alpha value is -2.95. The van der Waals surface area contributed by atoms with Crippen LogP contribution in [0.3, 0.4) is 0 Å². The summed E-state index contributed by atoms with van der Waals surface area (Å²) in [4.78, 5) is 20.9. The molecular weight excluding hydrogens is 434 g/mol. The van der Waals surface area contributed by atoms with Crippen molar-refractivity contribution in [1.82, 2.24) is 15.1 Å². The number of alkyl halides is 4. The van der Waals surface area contributed by atoms with Gasteiger partial charge in [0, 0.05) is 18.7 Å². The number of ether oxygens (including phenoxy) is 1. The monoisotopic (exact) mass is 457 g/mol. The van der Waals surface area contributed by atoms with Crippen molar-refractivity contribution in [2.45, 2.75) is 44.3 Å². The van der Waals surface area contributed by atoms with Gasteiger partial charge >= 0.3 is 12.1 Å². The van der Waals surface area contributed by atoms with E-state index in [1.165, 1.54) is 11.1 Å². The topological polar surface area (TPSA) is 93.5 Å². The summed E-state index contributed by atoms with van der Waals surface area (Å²) in [6.45, 7) is 1.73. The SMILES string of the molecule is O=C(NCC1OCCc2cn(Cc3ccccc3)nc21)C1CC(F)C1.O=C(O)C(F)(F)F. The molecule has 2 N–H and O–H groups in total. The predicted octanol–water partition coefficient (Wildman–Crippen LogP) is 3.04. The van der Waals surface area contributed by atoms with Gasteiger partial charge in [-0.25, -0.2) is 9.18 Å². The second kappa shape index (κ2) is 10.1. The fourth-order valence-electron chi connectivity index (χ4n) is 3.44. The minimum absolute atomic E-state index is 0.0756. The largest absolute Gasteiger partial charge is 0.490 e. The van der Waals surface area contributed by atoms with E-state index in [0.29, 0.717) is 32.5 Å². The van der Waals surface area contributed by atoms with Crippen LogP contribution in [0.5, 0.6) is 0 Å². The lowest BCUT2D eigenvalue weighted by atomic mass is 9.83. The number of aliphatic carboxylic acids is 1. The lowest BCUT2D eigenvalue weighted by Gasteiger charge is -2.29. The van der Waals surface area contributed by atoms with Gasteiger partial charge in [-0.2, -0.15) is 18.3 Å². The summed E-state index contributed by atoms with van der Waals surface area (Å²) >= 11 is 0. The third-order valence-corrected chi connectivity index (χ3v) is 5.21. The molecule has 0 bridgehead atoms. The number of halogens is 4. The molecule has 1 aromatic heterocycles. The minimum atomic E-state index is -5.08. The number of amides is 1. The number of rotatable bonds is 5. The Morgan fingerprint density at radius 3 is 2.47 bits per heavy atom. The fourth-order valence-corrected chi connectivity index (χ4v) is 3.44. The predicted molar refractivity (Wildman–Crippen MR) is 104 cm³/mol. The summed E-state index contributed by atoms with van der Waals surface area (Å²) < 4.78 is 52.4. The Labute approximate surface area is 181 Å². The Bertz CT molecular complexity index is 927. The van der Waals surface area contributed by atoms with Gasteiger partial charge in [-0.05, 0) is 30.4 Å². The molecule has 32 heavy (non-hydrogen) atoms. The van der Waals surface area contributed by atoms with E-state index in [0.717, 1.165) is 12.1 Å². The second-order valence-electron chi connectivity index (χ2n) is 7.65. The molecule has 1 unspecified atom stereocenters. The van der Waals surface area contributed by atoms with Crippen molar-refractivity contribution in [3.63, 3.8) is 0 Å². The van der Waals surface area contributed by atoms with Crippen LogP contribution in [-0.4, -0.2) is 52.3 Å². The Morgan fingerprint density at radius 2 is 1.88 bits per heavy atom. The molecule has 1 fully saturated rings. The van der Waals surface area contributed by atoms with Gasteiger partial charge in [-0.15, -0.1) is 0 Å². The first-order chi connectivity index (χ1) is 15.1. The summed E-state index contributed by atoms with van der Waals surface area (Å²) in [6, 6.07) is 10.2. The highest BCUT2D eigenvalue weighted by atomic mass is 19.4. The van der Waals surface area contributed by atoms with Crippen LogP contribution in [0.2, 0.25) is 0 Å². The van der Waals surface area contributed by atoms with Crippen molar-refractivity contribution in [1.29, 1.82) is 0 Å². The van der Waals surface area contributed by atoms with Crippen LogP contribution >= 0.6 is 0 Å². The molecule has 4 rings (SSSR count). The van der Waals surface area contributed by atoms with E-state index in [1.807, 2.05) is 22.9 Å². The smallest absolute Gasteiger partial charge is 0.475 e. The number of nitrogens with one attached hydrogen (secondary N) is 1. The average molecular weight is 457 g/mol. The Balaban J connectivity index is 0.000000360. The number of nitrogens with zero attached hydrogens (tertiary/aromatic N) is 2. The first-order valence-electron chi connectivity index (χ1n) is 10.1. The van der Waals surface area contributed by atoms with Gasteiger partial charge in [0.15, 0.2) is 0 Å². The molecule has 2 heterocycles. The zero-order valence-corrected chi connectivity index (χ0v) is 17.0. The van der Waals surface area contributed by atoms with E-state index in [9.17, 15) is 22.4 Å². The van der Waals surface area contributed by atoms with Crippen LogP contribution in [0.4, 0.5) is 17.6 Å². The summed E-state index contributed by atoms with van der Waals surface area (Å²) in [5.41, 5.74) is 3.27. The molecule has 1 atom stereocenters. The summed E-state index contributed by atoms with van der Waals surface area (Å²) in [6.07, 6.45) is -2.55. The number of carboxylic acids is 1. The Kier molecular flexibility index (Phi) is 7.49. The van der Waals surface area contributed by atoms with Crippen LogP contribution < -0.4 is 5.32 Å². The molecule has 1 aliphatic heterocycles. The van der Waals surface area contributed by atoms with Crippen molar-refractivity contribution in [3.05, 3.63) is 53.3 Å². The lowest BCUT2D eigenvalue weighted by Crippen LogP contribution is -2.41.